The zero-order chi connectivity index (χ0) is 21.3. The maximum absolute atomic E-state index is 10.5. The number of halogens is 1. The highest BCUT2D eigenvalue weighted by Gasteiger charge is 2.05. The fourth-order valence-corrected chi connectivity index (χ4v) is 4.22. The molecule has 0 bridgehead atoms. The van der Waals surface area contributed by atoms with Crippen molar-refractivity contribution in [3.8, 4) is 0 Å². The fraction of sp³-hybridized carbons (Fsp3) is 0.667. The maximum atomic E-state index is 10.5. The Labute approximate surface area is 189 Å². The Balaban J connectivity index is 2.19. The molecule has 5 heteroatoms. The molecule has 0 aromatic heterocycles. The Morgan fingerprint density at radius 1 is 0.621 bits per heavy atom. The van der Waals surface area contributed by atoms with E-state index in [1.165, 1.54) is 53.2 Å². The largest absolute Gasteiger partial charge is 0.481 e. The summed E-state index contributed by atoms with van der Waals surface area (Å²) in [6.07, 6.45) is 16.0. The Bertz CT molecular complexity index is 601. The third-order valence-electron chi connectivity index (χ3n) is 5.34. The Hall–Kier alpha value is -1.11. The van der Waals surface area contributed by atoms with Gasteiger partial charge in [0.25, 0.3) is 0 Å². The monoisotopic (exact) mass is 516 g/mol. The summed E-state index contributed by atoms with van der Waals surface area (Å²) in [4.78, 5) is 21.0. The third kappa shape index (κ3) is 14.5. The molecule has 0 radical (unpaired) electrons. The van der Waals surface area contributed by atoms with Crippen molar-refractivity contribution in [2.45, 2.75) is 103 Å². The van der Waals surface area contributed by atoms with Crippen LogP contribution in [0.3, 0.4) is 0 Å². The van der Waals surface area contributed by atoms with Crippen LogP contribution in [0.25, 0.3) is 0 Å². The standard InChI is InChI=1S/C24H37IO4/c25-22-18-17-20(13-9-5-1-3-7-11-15-23(26)27)21(19-22)14-10-6-2-4-8-12-16-24(28)29/h17-19H,1-16H2,(H,26,27)(H,28,29). The predicted molar refractivity (Wildman–Crippen MR) is 126 cm³/mol. The summed E-state index contributed by atoms with van der Waals surface area (Å²) >= 11 is 2.39. The van der Waals surface area contributed by atoms with E-state index in [0.29, 0.717) is 12.8 Å². The van der Waals surface area contributed by atoms with E-state index in [2.05, 4.69) is 40.8 Å². The highest BCUT2D eigenvalue weighted by atomic mass is 127. The van der Waals surface area contributed by atoms with Crippen LogP contribution in [0.1, 0.15) is 101 Å². The lowest BCUT2D eigenvalue weighted by Crippen LogP contribution is -1.97. The number of benzene rings is 1. The second-order valence-electron chi connectivity index (χ2n) is 7.94. The van der Waals surface area contributed by atoms with Crippen molar-refractivity contribution in [3.05, 3.63) is 32.9 Å². The first-order valence-corrected chi connectivity index (χ1v) is 12.3. The number of hydrogen-bond acceptors (Lipinski definition) is 2. The zero-order valence-electron chi connectivity index (χ0n) is 17.6. The molecule has 0 atom stereocenters. The number of aliphatic carboxylic acids is 2. The summed E-state index contributed by atoms with van der Waals surface area (Å²) in [5.74, 6) is -1.37. The van der Waals surface area contributed by atoms with Gasteiger partial charge in [-0.2, -0.15) is 0 Å². The molecule has 0 aliphatic carbocycles. The number of carbonyl (C=O) groups is 2. The Kier molecular flexibility index (Phi) is 14.9. The van der Waals surface area contributed by atoms with Crippen LogP contribution in [0.15, 0.2) is 18.2 Å². The molecule has 0 aliphatic rings. The fourth-order valence-electron chi connectivity index (χ4n) is 3.67. The first-order chi connectivity index (χ1) is 14.0. The minimum atomic E-state index is -0.686. The molecule has 0 fully saturated rings. The molecule has 0 heterocycles. The Morgan fingerprint density at radius 3 is 1.52 bits per heavy atom. The summed E-state index contributed by atoms with van der Waals surface area (Å²) in [5, 5.41) is 17.3. The van der Waals surface area contributed by atoms with Crippen LogP contribution >= 0.6 is 22.6 Å². The molecule has 0 spiro atoms. The minimum Gasteiger partial charge on any atom is -0.481 e. The summed E-state index contributed by atoms with van der Waals surface area (Å²) in [5.41, 5.74) is 2.97. The van der Waals surface area contributed by atoms with Crippen molar-refractivity contribution in [3.63, 3.8) is 0 Å². The molecule has 4 nitrogen and oxygen atoms in total. The number of carboxylic acids is 2. The number of unbranched alkanes of at least 4 members (excludes halogenated alkanes) is 10. The summed E-state index contributed by atoms with van der Waals surface area (Å²) in [7, 11) is 0. The molecule has 1 rings (SSSR count). The van der Waals surface area contributed by atoms with Crippen molar-refractivity contribution >= 4 is 34.5 Å². The first-order valence-electron chi connectivity index (χ1n) is 11.2. The van der Waals surface area contributed by atoms with Gasteiger partial charge in [-0.1, -0.05) is 57.4 Å². The van der Waals surface area contributed by atoms with Gasteiger partial charge in [-0.25, -0.2) is 0 Å². The van der Waals surface area contributed by atoms with Gasteiger partial charge in [-0.15, -0.1) is 0 Å². The molecule has 0 saturated heterocycles. The van der Waals surface area contributed by atoms with Gasteiger partial charge in [0.05, 0.1) is 0 Å². The summed E-state index contributed by atoms with van der Waals surface area (Å²) < 4.78 is 1.30. The number of hydrogen-bond donors (Lipinski definition) is 2. The summed E-state index contributed by atoms with van der Waals surface area (Å²) in [6, 6.07) is 6.82. The van der Waals surface area contributed by atoms with Crippen molar-refractivity contribution in [1.29, 1.82) is 0 Å². The van der Waals surface area contributed by atoms with E-state index in [0.717, 1.165) is 51.4 Å². The average molecular weight is 516 g/mol. The van der Waals surface area contributed by atoms with Gasteiger partial charge in [0.2, 0.25) is 0 Å². The van der Waals surface area contributed by atoms with Gasteiger partial charge in [-0.3, -0.25) is 9.59 Å². The number of rotatable bonds is 18. The minimum absolute atomic E-state index is 0.300. The van der Waals surface area contributed by atoms with Crippen LogP contribution in [0.5, 0.6) is 0 Å². The van der Waals surface area contributed by atoms with Crippen molar-refractivity contribution < 1.29 is 19.8 Å². The average Bonchev–Trinajstić information content (AvgIpc) is 2.66. The second kappa shape index (κ2) is 16.7. The van der Waals surface area contributed by atoms with E-state index in [9.17, 15) is 9.59 Å². The SMILES string of the molecule is O=C(O)CCCCCCCCc1ccc(I)cc1CCCCCCCCC(=O)O. The topological polar surface area (TPSA) is 74.6 Å². The van der Waals surface area contributed by atoms with Crippen LogP contribution in [0.2, 0.25) is 0 Å². The maximum Gasteiger partial charge on any atom is 0.303 e. The molecule has 0 amide bonds. The van der Waals surface area contributed by atoms with Gasteiger partial charge >= 0.3 is 11.9 Å². The van der Waals surface area contributed by atoms with E-state index in [1.54, 1.807) is 0 Å². The smallest absolute Gasteiger partial charge is 0.303 e. The molecular weight excluding hydrogens is 479 g/mol. The first kappa shape index (κ1) is 25.9. The van der Waals surface area contributed by atoms with Gasteiger partial charge in [-0.05, 0) is 84.4 Å². The lowest BCUT2D eigenvalue weighted by molar-refractivity contribution is -0.138. The molecule has 164 valence electrons. The predicted octanol–water partition coefficient (Wildman–Crippen LogP) is 7.01. The molecule has 1 aromatic carbocycles. The lowest BCUT2D eigenvalue weighted by atomic mass is 9.96. The van der Waals surface area contributed by atoms with E-state index in [1.807, 2.05) is 0 Å². The van der Waals surface area contributed by atoms with Crippen LogP contribution in [0, 0.1) is 3.57 Å². The quantitative estimate of drug-likeness (QED) is 0.163. The molecule has 1 aromatic rings. The van der Waals surface area contributed by atoms with Crippen molar-refractivity contribution in [2.24, 2.45) is 0 Å². The second-order valence-corrected chi connectivity index (χ2v) is 9.19. The van der Waals surface area contributed by atoms with E-state index in [-0.39, 0.29) is 0 Å². The van der Waals surface area contributed by atoms with E-state index >= 15 is 0 Å². The highest BCUT2D eigenvalue weighted by Crippen LogP contribution is 2.20. The van der Waals surface area contributed by atoms with E-state index < -0.39 is 11.9 Å². The van der Waals surface area contributed by atoms with Crippen LogP contribution in [-0.4, -0.2) is 22.2 Å². The molecule has 0 saturated carbocycles. The van der Waals surface area contributed by atoms with Gasteiger partial charge in [0, 0.05) is 16.4 Å². The van der Waals surface area contributed by atoms with E-state index in [4.69, 9.17) is 10.2 Å². The van der Waals surface area contributed by atoms with Crippen molar-refractivity contribution in [1.82, 2.24) is 0 Å². The molecule has 0 unspecified atom stereocenters. The van der Waals surface area contributed by atoms with Crippen LogP contribution < -0.4 is 0 Å². The number of aryl methyl sites for hydroxylation is 2. The van der Waals surface area contributed by atoms with Crippen LogP contribution in [0.4, 0.5) is 0 Å². The molecule has 0 aliphatic heterocycles. The normalized spacial score (nSPS) is 10.9. The van der Waals surface area contributed by atoms with Crippen molar-refractivity contribution in [2.75, 3.05) is 0 Å². The summed E-state index contributed by atoms with van der Waals surface area (Å²) in [6.45, 7) is 0. The zero-order valence-corrected chi connectivity index (χ0v) is 19.8. The van der Waals surface area contributed by atoms with Gasteiger partial charge in [0.15, 0.2) is 0 Å². The third-order valence-corrected chi connectivity index (χ3v) is 6.01. The highest BCUT2D eigenvalue weighted by molar-refractivity contribution is 14.1. The van der Waals surface area contributed by atoms with Crippen LogP contribution in [-0.2, 0) is 22.4 Å². The number of carboxylic acid groups (broad SMARTS) is 2. The molecule has 2 N–H and O–H groups in total. The van der Waals surface area contributed by atoms with Gasteiger partial charge in [0.1, 0.15) is 0 Å². The molecule has 29 heavy (non-hydrogen) atoms. The lowest BCUT2D eigenvalue weighted by Gasteiger charge is -2.11. The molecular formula is C24H37IO4. The van der Waals surface area contributed by atoms with Gasteiger partial charge < -0.3 is 10.2 Å². The Morgan fingerprint density at radius 2 is 1.03 bits per heavy atom.